The van der Waals surface area contributed by atoms with E-state index in [1.54, 1.807) is 10.8 Å². The first-order valence-corrected chi connectivity index (χ1v) is 12.5. The van der Waals surface area contributed by atoms with E-state index in [2.05, 4.69) is 41.4 Å². The van der Waals surface area contributed by atoms with Crippen LogP contribution in [0.5, 0.6) is 0 Å². The number of nitrogens with one attached hydrogen (secondary N) is 2. The fourth-order valence-electron chi connectivity index (χ4n) is 4.68. The van der Waals surface area contributed by atoms with Gasteiger partial charge in [0.05, 0.1) is 24.0 Å². The molecule has 0 bridgehead atoms. The molecule has 2 N–H and O–H groups in total. The average Bonchev–Trinajstić information content (AvgIpc) is 3.49. The van der Waals surface area contributed by atoms with Crippen LogP contribution in [-0.4, -0.2) is 29.8 Å². The van der Waals surface area contributed by atoms with Crippen LogP contribution in [0.15, 0.2) is 61.2 Å². The van der Waals surface area contributed by atoms with Gasteiger partial charge in [0.2, 0.25) is 5.62 Å². The standard InChI is InChI=1S/C28H33N7O/c1-18(2)35-25(8-10-31-35)22-14-20(17-34-12-11-33(4)28(34)29)15-23(16-22)27(36)32-26(21-5-6-21)24-13-19(3)7-9-30-24/h7-16,18,21,26,29H,5-6,17H2,1-4H3,(H,32,36). The van der Waals surface area contributed by atoms with Crippen molar-refractivity contribution in [3.8, 4) is 11.3 Å². The SMILES string of the molecule is Cc1ccnc(C(NC(=O)c2cc(Cn3ccn(C)c3=N)cc(-c3ccnn3C(C)C)c2)C2CC2)c1. The Hall–Kier alpha value is -3.94. The van der Waals surface area contributed by atoms with E-state index < -0.39 is 0 Å². The molecule has 3 heterocycles. The molecule has 1 fully saturated rings. The molecule has 0 saturated heterocycles. The highest BCUT2D eigenvalue weighted by molar-refractivity contribution is 5.96. The molecule has 8 nitrogen and oxygen atoms in total. The number of rotatable bonds is 8. The molecule has 1 amide bonds. The molecule has 1 aliphatic carbocycles. The van der Waals surface area contributed by atoms with Crippen LogP contribution in [0.2, 0.25) is 0 Å². The van der Waals surface area contributed by atoms with Crippen LogP contribution in [0, 0.1) is 18.3 Å². The van der Waals surface area contributed by atoms with Gasteiger partial charge < -0.3 is 14.5 Å². The van der Waals surface area contributed by atoms with Gasteiger partial charge in [-0.15, -0.1) is 0 Å². The molecular weight excluding hydrogens is 450 g/mol. The lowest BCUT2D eigenvalue weighted by atomic mass is 10.0. The molecule has 0 aliphatic heterocycles. The molecule has 1 atom stereocenters. The lowest BCUT2D eigenvalue weighted by Crippen LogP contribution is -2.30. The maximum atomic E-state index is 13.7. The van der Waals surface area contributed by atoms with Gasteiger partial charge in [0, 0.05) is 49.0 Å². The Morgan fingerprint density at radius 3 is 2.61 bits per heavy atom. The predicted molar refractivity (Wildman–Crippen MR) is 138 cm³/mol. The van der Waals surface area contributed by atoms with Gasteiger partial charge in [-0.1, -0.05) is 0 Å². The maximum absolute atomic E-state index is 13.7. The first-order chi connectivity index (χ1) is 17.3. The molecule has 1 saturated carbocycles. The zero-order valence-electron chi connectivity index (χ0n) is 21.3. The number of pyridine rings is 1. The van der Waals surface area contributed by atoms with Gasteiger partial charge in [-0.3, -0.25) is 19.9 Å². The molecule has 1 unspecified atom stereocenters. The summed E-state index contributed by atoms with van der Waals surface area (Å²) in [5.74, 6) is 0.303. The summed E-state index contributed by atoms with van der Waals surface area (Å²) >= 11 is 0. The summed E-state index contributed by atoms with van der Waals surface area (Å²) < 4.78 is 5.60. The fraction of sp³-hybridized carbons (Fsp3) is 0.357. The van der Waals surface area contributed by atoms with Crippen LogP contribution >= 0.6 is 0 Å². The molecule has 0 spiro atoms. The van der Waals surface area contributed by atoms with E-state index >= 15 is 0 Å². The molecule has 8 heteroatoms. The highest BCUT2D eigenvalue weighted by Gasteiger charge is 2.34. The van der Waals surface area contributed by atoms with Gasteiger partial charge in [0.15, 0.2) is 0 Å². The number of carbonyl (C=O) groups excluding carboxylic acids is 1. The van der Waals surface area contributed by atoms with Gasteiger partial charge in [0.25, 0.3) is 5.91 Å². The Morgan fingerprint density at radius 1 is 1.14 bits per heavy atom. The first-order valence-electron chi connectivity index (χ1n) is 12.5. The van der Waals surface area contributed by atoms with Crippen LogP contribution in [0.1, 0.15) is 66.0 Å². The van der Waals surface area contributed by atoms with E-state index in [9.17, 15) is 4.79 Å². The average molecular weight is 484 g/mol. The summed E-state index contributed by atoms with van der Waals surface area (Å²) in [5.41, 5.74) is 5.90. The van der Waals surface area contributed by atoms with Crippen LogP contribution in [0.3, 0.4) is 0 Å². The molecule has 0 radical (unpaired) electrons. The van der Waals surface area contributed by atoms with Crippen molar-refractivity contribution >= 4 is 5.91 Å². The Balaban J connectivity index is 1.52. The Morgan fingerprint density at radius 2 is 1.94 bits per heavy atom. The summed E-state index contributed by atoms with van der Waals surface area (Å²) in [7, 11) is 1.85. The minimum atomic E-state index is -0.113. The molecular formula is C28H33N7O. The Labute approximate surface area is 211 Å². The third kappa shape index (κ3) is 4.89. The number of carbonyl (C=O) groups is 1. The van der Waals surface area contributed by atoms with Gasteiger partial charge >= 0.3 is 0 Å². The Bertz CT molecular complexity index is 1450. The number of aromatic nitrogens is 5. The zero-order chi connectivity index (χ0) is 25.4. The van der Waals surface area contributed by atoms with Crippen LogP contribution in [-0.2, 0) is 13.6 Å². The number of imidazole rings is 1. The Kier molecular flexibility index (Phi) is 6.35. The number of hydrogen-bond donors (Lipinski definition) is 2. The van der Waals surface area contributed by atoms with E-state index in [1.807, 2.05) is 66.1 Å². The zero-order valence-corrected chi connectivity index (χ0v) is 21.3. The second-order valence-corrected chi connectivity index (χ2v) is 10.1. The van der Waals surface area contributed by atoms with Gasteiger partial charge in [-0.05, 0) is 87.1 Å². The van der Waals surface area contributed by atoms with Crippen molar-refractivity contribution in [1.29, 1.82) is 5.41 Å². The maximum Gasteiger partial charge on any atom is 0.251 e. The number of hydrogen-bond acceptors (Lipinski definition) is 4. The number of nitrogens with zero attached hydrogens (tertiary/aromatic N) is 5. The molecule has 4 aromatic rings. The number of amides is 1. The quantitative estimate of drug-likeness (QED) is 0.389. The largest absolute Gasteiger partial charge is 0.343 e. The van der Waals surface area contributed by atoms with E-state index in [0.29, 0.717) is 23.6 Å². The van der Waals surface area contributed by atoms with E-state index in [-0.39, 0.29) is 18.0 Å². The minimum absolute atomic E-state index is 0.103. The summed E-state index contributed by atoms with van der Waals surface area (Å²) in [6, 6.07) is 12.1. The van der Waals surface area contributed by atoms with Crippen molar-refractivity contribution in [2.75, 3.05) is 0 Å². The van der Waals surface area contributed by atoms with Crippen molar-refractivity contribution in [3.63, 3.8) is 0 Å². The number of benzene rings is 1. The van der Waals surface area contributed by atoms with E-state index in [0.717, 1.165) is 40.9 Å². The smallest absolute Gasteiger partial charge is 0.251 e. The van der Waals surface area contributed by atoms with Gasteiger partial charge in [-0.2, -0.15) is 5.10 Å². The lowest BCUT2D eigenvalue weighted by Gasteiger charge is -2.19. The van der Waals surface area contributed by atoms with Crippen LogP contribution in [0.4, 0.5) is 0 Å². The molecule has 3 aromatic heterocycles. The minimum Gasteiger partial charge on any atom is -0.343 e. The van der Waals surface area contributed by atoms with Crippen molar-refractivity contribution in [2.24, 2.45) is 13.0 Å². The predicted octanol–water partition coefficient (Wildman–Crippen LogP) is 4.38. The number of aryl methyl sites for hydroxylation is 2. The van der Waals surface area contributed by atoms with E-state index in [1.165, 1.54) is 0 Å². The summed E-state index contributed by atoms with van der Waals surface area (Å²) in [6.45, 7) is 6.73. The third-order valence-electron chi connectivity index (χ3n) is 6.77. The van der Waals surface area contributed by atoms with Crippen LogP contribution < -0.4 is 10.9 Å². The van der Waals surface area contributed by atoms with Crippen molar-refractivity contribution in [3.05, 3.63) is 89.2 Å². The topological polar surface area (TPSA) is 93.5 Å². The molecule has 186 valence electrons. The molecule has 1 aromatic carbocycles. The highest BCUT2D eigenvalue weighted by atomic mass is 16.1. The highest BCUT2D eigenvalue weighted by Crippen LogP contribution is 2.40. The first kappa shape index (κ1) is 23.8. The van der Waals surface area contributed by atoms with Gasteiger partial charge in [0.1, 0.15) is 0 Å². The molecule has 36 heavy (non-hydrogen) atoms. The summed E-state index contributed by atoms with van der Waals surface area (Å²) in [5, 5.41) is 16.1. The van der Waals surface area contributed by atoms with E-state index in [4.69, 9.17) is 5.41 Å². The summed E-state index contributed by atoms with van der Waals surface area (Å²) in [6.07, 6.45) is 9.55. The van der Waals surface area contributed by atoms with Crippen LogP contribution in [0.25, 0.3) is 11.3 Å². The third-order valence-corrected chi connectivity index (χ3v) is 6.77. The van der Waals surface area contributed by atoms with Gasteiger partial charge in [-0.25, -0.2) is 0 Å². The second-order valence-electron chi connectivity index (χ2n) is 10.1. The second kappa shape index (κ2) is 9.60. The van der Waals surface area contributed by atoms with Crippen molar-refractivity contribution in [2.45, 2.75) is 52.2 Å². The molecule has 1 aliphatic rings. The normalized spacial score (nSPS) is 14.2. The summed E-state index contributed by atoms with van der Waals surface area (Å²) in [4.78, 5) is 18.2. The monoisotopic (exact) mass is 483 g/mol. The fourth-order valence-corrected chi connectivity index (χ4v) is 4.68. The lowest BCUT2D eigenvalue weighted by molar-refractivity contribution is 0.0930. The van der Waals surface area contributed by atoms with Crippen molar-refractivity contribution in [1.82, 2.24) is 29.2 Å². The molecule has 5 rings (SSSR count). The van der Waals surface area contributed by atoms with Crippen molar-refractivity contribution < 1.29 is 4.79 Å².